The van der Waals surface area contributed by atoms with Crippen LogP contribution in [0.15, 0.2) is 24.3 Å². The highest BCUT2D eigenvalue weighted by Gasteiger charge is 2.14. The summed E-state index contributed by atoms with van der Waals surface area (Å²) in [5, 5.41) is 0. The van der Waals surface area contributed by atoms with E-state index in [4.69, 9.17) is 4.74 Å². The molecule has 1 aliphatic heterocycles. The van der Waals surface area contributed by atoms with Gasteiger partial charge in [-0.15, -0.1) is 0 Å². The van der Waals surface area contributed by atoms with Gasteiger partial charge in [0.05, 0.1) is 7.11 Å². The molecule has 1 aromatic carbocycles. The van der Waals surface area contributed by atoms with Gasteiger partial charge >= 0.3 is 0 Å². The van der Waals surface area contributed by atoms with Crippen LogP contribution in [0.3, 0.4) is 0 Å². The van der Waals surface area contributed by atoms with E-state index in [1.807, 2.05) is 12.1 Å². The van der Waals surface area contributed by atoms with Crippen LogP contribution in [0.25, 0.3) is 0 Å². The number of nitrogens with zero attached hydrogens (tertiary/aromatic N) is 1. The molecule has 0 spiro atoms. The van der Waals surface area contributed by atoms with E-state index in [0.717, 1.165) is 31.7 Å². The maximum atomic E-state index is 12.1. The largest absolute Gasteiger partial charge is 0.497 e. The van der Waals surface area contributed by atoms with Crippen molar-refractivity contribution in [2.45, 2.75) is 44.9 Å². The summed E-state index contributed by atoms with van der Waals surface area (Å²) in [7, 11) is 1.68. The van der Waals surface area contributed by atoms with Crippen LogP contribution in [0.2, 0.25) is 0 Å². The van der Waals surface area contributed by atoms with Gasteiger partial charge in [-0.05, 0) is 43.4 Å². The Morgan fingerprint density at radius 2 is 1.75 bits per heavy atom. The third-order valence-electron chi connectivity index (χ3n) is 3.97. The van der Waals surface area contributed by atoms with Crippen LogP contribution in [0.1, 0.15) is 44.1 Å². The first-order valence-electron chi connectivity index (χ1n) is 7.70. The lowest BCUT2D eigenvalue weighted by atomic mass is 10.1. The van der Waals surface area contributed by atoms with Gasteiger partial charge in [-0.1, -0.05) is 25.0 Å². The molecule has 1 aromatic rings. The molecule has 1 fully saturated rings. The lowest BCUT2D eigenvalue weighted by Crippen LogP contribution is -2.31. The van der Waals surface area contributed by atoms with Crippen LogP contribution in [-0.2, 0) is 11.2 Å². The monoisotopic (exact) mass is 275 g/mol. The molecule has 3 nitrogen and oxygen atoms in total. The second-order valence-corrected chi connectivity index (χ2v) is 5.50. The van der Waals surface area contributed by atoms with E-state index in [1.54, 1.807) is 7.11 Å². The quantitative estimate of drug-likeness (QED) is 0.824. The van der Waals surface area contributed by atoms with Crippen LogP contribution in [0.4, 0.5) is 0 Å². The lowest BCUT2D eigenvalue weighted by Gasteiger charge is -2.20. The summed E-state index contributed by atoms with van der Waals surface area (Å²) in [6.45, 7) is 1.92. The Labute approximate surface area is 121 Å². The van der Waals surface area contributed by atoms with Crippen LogP contribution in [-0.4, -0.2) is 31.0 Å². The van der Waals surface area contributed by atoms with Crippen LogP contribution in [0, 0.1) is 0 Å². The van der Waals surface area contributed by atoms with E-state index in [9.17, 15) is 4.79 Å². The molecule has 1 aliphatic rings. The number of aryl methyl sites for hydroxylation is 1. The molecule has 20 heavy (non-hydrogen) atoms. The van der Waals surface area contributed by atoms with E-state index in [2.05, 4.69) is 17.0 Å². The smallest absolute Gasteiger partial charge is 0.222 e. The molecule has 0 radical (unpaired) electrons. The fourth-order valence-electron chi connectivity index (χ4n) is 2.71. The van der Waals surface area contributed by atoms with Gasteiger partial charge in [0.1, 0.15) is 5.75 Å². The number of hydrogen-bond donors (Lipinski definition) is 0. The summed E-state index contributed by atoms with van der Waals surface area (Å²) in [4.78, 5) is 14.2. The highest BCUT2D eigenvalue weighted by Crippen LogP contribution is 2.15. The van der Waals surface area contributed by atoms with Crippen molar-refractivity contribution in [3.63, 3.8) is 0 Å². The molecule has 110 valence electrons. The Balaban J connectivity index is 1.72. The molecule has 0 unspecified atom stereocenters. The number of likely N-dealkylation sites (tertiary alicyclic amines) is 1. The van der Waals surface area contributed by atoms with Crippen molar-refractivity contribution in [2.75, 3.05) is 20.2 Å². The zero-order valence-electron chi connectivity index (χ0n) is 12.4. The van der Waals surface area contributed by atoms with Crippen molar-refractivity contribution >= 4 is 5.91 Å². The van der Waals surface area contributed by atoms with E-state index in [-0.39, 0.29) is 0 Å². The molecule has 0 saturated carbocycles. The topological polar surface area (TPSA) is 29.5 Å². The summed E-state index contributed by atoms with van der Waals surface area (Å²) in [6, 6.07) is 8.11. The van der Waals surface area contributed by atoms with Gasteiger partial charge in [-0.25, -0.2) is 0 Å². The second-order valence-electron chi connectivity index (χ2n) is 5.50. The Hall–Kier alpha value is -1.51. The van der Waals surface area contributed by atoms with E-state index in [1.165, 1.54) is 31.2 Å². The maximum Gasteiger partial charge on any atom is 0.222 e. The minimum Gasteiger partial charge on any atom is -0.497 e. The average molecular weight is 275 g/mol. The minimum absolute atomic E-state index is 0.334. The molecule has 3 heteroatoms. The summed E-state index contributed by atoms with van der Waals surface area (Å²) in [6.07, 6.45) is 7.46. The number of hydrogen-bond acceptors (Lipinski definition) is 2. The normalized spacial score (nSPS) is 15.8. The molecular formula is C17H25NO2. The predicted octanol–water partition coefficient (Wildman–Crippen LogP) is 3.42. The molecule has 1 saturated heterocycles. The molecule has 2 rings (SSSR count). The third kappa shape index (κ3) is 4.55. The van der Waals surface area contributed by atoms with Gasteiger partial charge in [0, 0.05) is 19.5 Å². The van der Waals surface area contributed by atoms with Crippen LogP contribution < -0.4 is 4.74 Å². The summed E-state index contributed by atoms with van der Waals surface area (Å²) < 4.78 is 5.14. The molecule has 0 atom stereocenters. The third-order valence-corrected chi connectivity index (χ3v) is 3.97. The summed E-state index contributed by atoms with van der Waals surface area (Å²) in [5.41, 5.74) is 1.27. The number of carbonyl (C=O) groups excluding carboxylic acids is 1. The molecule has 0 aliphatic carbocycles. The fraction of sp³-hybridized carbons (Fsp3) is 0.588. The Morgan fingerprint density at radius 1 is 1.10 bits per heavy atom. The Bertz CT molecular complexity index is 406. The highest BCUT2D eigenvalue weighted by atomic mass is 16.5. The number of ether oxygens (including phenoxy) is 1. The highest BCUT2D eigenvalue weighted by molar-refractivity contribution is 5.76. The average Bonchev–Trinajstić information content (AvgIpc) is 2.77. The number of carbonyl (C=O) groups is 1. The van der Waals surface area contributed by atoms with Crippen molar-refractivity contribution in [3.05, 3.63) is 29.8 Å². The van der Waals surface area contributed by atoms with Crippen molar-refractivity contribution in [2.24, 2.45) is 0 Å². The SMILES string of the molecule is COc1ccc(CCCC(=O)N2CCCCCC2)cc1. The Kier molecular flexibility index (Phi) is 5.90. The number of amides is 1. The molecule has 1 amide bonds. The van der Waals surface area contributed by atoms with Crippen LogP contribution in [0.5, 0.6) is 5.75 Å². The van der Waals surface area contributed by atoms with E-state index in [0.29, 0.717) is 12.3 Å². The standard InChI is InChI=1S/C17H25NO2/c1-20-16-11-9-15(10-12-16)7-6-8-17(19)18-13-4-2-3-5-14-18/h9-12H,2-8,13-14H2,1H3. The minimum atomic E-state index is 0.334. The predicted molar refractivity (Wildman–Crippen MR) is 81.0 cm³/mol. The van der Waals surface area contributed by atoms with Gasteiger partial charge in [0.2, 0.25) is 5.91 Å². The van der Waals surface area contributed by atoms with E-state index < -0.39 is 0 Å². The lowest BCUT2D eigenvalue weighted by molar-refractivity contribution is -0.131. The van der Waals surface area contributed by atoms with Gasteiger partial charge in [-0.3, -0.25) is 4.79 Å². The maximum absolute atomic E-state index is 12.1. The summed E-state index contributed by atoms with van der Waals surface area (Å²) >= 11 is 0. The number of rotatable bonds is 5. The van der Waals surface area contributed by atoms with Gasteiger partial charge < -0.3 is 9.64 Å². The molecular weight excluding hydrogens is 250 g/mol. The Morgan fingerprint density at radius 3 is 2.35 bits per heavy atom. The zero-order valence-corrected chi connectivity index (χ0v) is 12.4. The van der Waals surface area contributed by atoms with Crippen molar-refractivity contribution < 1.29 is 9.53 Å². The molecule has 0 aromatic heterocycles. The van der Waals surface area contributed by atoms with Gasteiger partial charge in [-0.2, -0.15) is 0 Å². The summed E-state index contributed by atoms with van der Waals surface area (Å²) in [5.74, 6) is 1.22. The molecule has 0 N–H and O–H groups in total. The van der Waals surface area contributed by atoms with E-state index >= 15 is 0 Å². The number of benzene rings is 1. The second kappa shape index (κ2) is 7.93. The first-order valence-corrected chi connectivity index (χ1v) is 7.70. The molecule has 0 bridgehead atoms. The van der Waals surface area contributed by atoms with Crippen LogP contribution >= 0.6 is 0 Å². The first-order chi connectivity index (χ1) is 9.79. The fourth-order valence-corrected chi connectivity index (χ4v) is 2.71. The van der Waals surface area contributed by atoms with Crippen molar-refractivity contribution in [3.8, 4) is 5.75 Å². The van der Waals surface area contributed by atoms with Gasteiger partial charge in [0.15, 0.2) is 0 Å². The van der Waals surface area contributed by atoms with Crippen molar-refractivity contribution in [1.29, 1.82) is 0 Å². The zero-order chi connectivity index (χ0) is 14.2. The molecule has 1 heterocycles. The van der Waals surface area contributed by atoms with Crippen molar-refractivity contribution in [1.82, 2.24) is 4.90 Å². The number of methoxy groups -OCH3 is 1. The van der Waals surface area contributed by atoms with Gasteiger partial charge in [0.25, 0.3) is 0 Å². The first kappa shape index (κ1) is 14.9.